The third kappa shape index (κ3) is 3.20. The van der Waals surface area contributed by atoms with Gasteiger partial charge in [-0.15, -0.1) is 0 Å². The van der Waals surface area contributed by atoms with Gasteiger partial charge in [0.15, 0.2) is 0 Å². The minimum Gasteiger partial charge on any atom is -0.352 e. The monoisotopic (exact) mass is 210 g/mol. The highest BCUT2D eigenvalue weighted by Gasteiger charge is 2.28. The number of hydrogen-bond acceptors (Lipinski definition) is 2. The van der Waals surface area contributed by atoms with Crippen LogP contribution in [0.4, 0.5) is 0 Å². The van der Waals surface area contributed by atoms with Crippen molar-refractivity contribution in [3.8, 4) is 0 Å². The number of amides is 1. The Hall–Kier alpha value is -0.570. The molecule has 2 N–H and O–H groups in total. The van der Waals surface area contributed by atoms with E-state index in [4.69, 9.17) is 0 Å². The number of carbonyl (C=O) groups is 1. The summed E-state index contributed by atoms with van der Waals surface area (Å²) < 4.78 is 0. The van der Waals surface area contributed by atoms with Crippen LogP contribution in [0.15, 0.2) is 0 Å². The van der Waals surface area contributed by atoms with Gasteiger partial charge >= 0.3 is 0 Å². The molecule has 0 saturated heterocycles. The average Bonchev–Trinajstić information content (AvgIpc) is 2.89. The molecule has 2 aliphatic carbocycles. The summed E-state index contributed by atoms with van der Waals surface area (Å²) in [6.45, 7) is 0. The van der Waals surface area contributed by atoms with E-state index in [1.807, 2.05) is 7.05 Å². The summed E-state index contributed by atoms with van der Waals surface area (Å²) in [4.78, 5) is 11.8. The highest BCUT2D eigenvalue weighted by molar-refractivity contribution is 5.82. The lowest BCUT2D eigenvalue weighted by atomic mass is 9.98. The third-order valence-electron chi connectivity index (χ3n) is 3.63. The van der Waals surface area contributed by atoms with Crippen LogP contribution in [0.25, 0.3) is 0 Å². The van der Waals surface area contributed by atoms with Crippen molar-refractivity contribution < 1.29 is 4.79 Å². The summed E-state index contributed by atoms with van der Waals surface area (Å²) in [5.41, 5.74) is 0. The summed E-state index contributed by atoms with van der Waals surface area (Å²) in [6.07, 6.45) is 8.70. The van der Waals surface area contributed by atoms with E-state index in [0.29, 0.717) is 6.04 Å². The Labute approximate surface area is 92.0 Å². The maximum Gasteiger partial charge on any atom is 0.237 e. The number of carbonyl (C=O) groups excluding carboxylic acids is 1. The second kappa shape index (κ2) is 4.97. The second-order valence-electron chi connectivity index (χ2n) is 5.01. The van der Waals surface area contributed by atoms with Crippen LogP contribution in [0.5, 0.6) is 0 Å². The quantitative estimate of drug-likeness (QED) is 0.721. The van der Waals surface area contributed by atoms with Gasteiger partial charge in [0, 0.05) is 6.04 Å². The highest BCUT2D eigenvalue weighted by Crippen LogP contribution is 2.28. The number of nitrogens with one attached hydrogen (secondary N) is 2. The predicted octanol–water partition coefficient (Wildman–Crippen LogP) is 1.43. The molecular weight excluding hydrogens is 188 g/mol. The van der Waals surface area contributed by atoms with E-state index in [-0.39, 0.29) is 11.9 Å². The molecule has 0 heterocycles. The van der Waals surface area contributed by atoms with Gasteiger partial charge in [-0.25, -0.2) is 0 Å². The molecule has 0 bridgehead atoms. The van der Waals surface area contributed by atoms with E-state index >= 15 is 0 Å². The Kier molecular flexibility index (Phi) is 3.62. The first-order valence-electron chi connectivity index (χ1n) is 6.27. The molecule has 1 atom stereocenters. The van der Waals surface area contributed by atoms with Gasteiger partial charge in [0.2, 0.25) is 5.91 Å². The van der Waals surface area contributed by atoms with Gasteiger partial charge in [0.05, 0.1) is 6.04 Å². The molecular formula is C12H22N2O. The van der Waals surface area contributed by atoms with Crippen molar-refractivity contribution in [1.29, 1.82) is 0 Å². The van der Waals surface area contributed by atoms with Crippen LogP contribution in [-0.4, -0.2) is 25.0 Å². The van der Waals surface area contributed by atoms with Crippen LogP contribution in [0, 0.1) is 5.92 Å². The second-order valence-corrected chi connectivity index (χ2v) is 5.01. The maximum absolute atomic E-state index is 11.8. The lowest BCUT2D eigenvalue weighted by molar-refractivity contribution is -0.123. The van der Waals surface area contributed by atoms with Crippen LogP contribution in [-0.2, 0) is 4.79 Å². The first kappa shape index (κ1) is 10.9. The van der Waals surface area contributed by atoms with Gasteiger partial charge < -0.3 is 10.6 Å². The normalized spacial score (nSPS) is 24.1. The predicted molar refractivity (Wildman–Crippen MR) is 60.6 cm³/mol. The molecule has 3 nitrogen and oxygen atoms in total. The SMILES string of the molecule is CNC(CC1CCCC1)C(=O)NC1CC1. The van der Waals surface area contributed by atoms with Gasteiger partial charge in [0.25, 0.3) is 0 Å². The largest absolute Gasteiger partial charge is 0.352 e. The van der Waals surface area contributed by atoms with Gasteiger partial charge in [0.1, 0.15) is 0 Å². The molecule has 0 aromatic rings. The van der Waals surface area contributed by atoms with Gasteiger partial charge in [-0.3, -0.25) is 4.79 Å². The molecule has 15 heavy (non-hydrogen) atoms. The molecule has 0 aliphatic heterocycles. The zero-order chi connectivity index (χ0) is 10.7. The Morgan fingerprint density at radius 1 is 1.27 bits per heavy atom. The molecule has 86 valence electrons. The summed E-state index contributed by atoms with van der Waals surface area (Å²) in [7, 11) is 1.89. The Balaban J connectivity index is 1.76. The van der Waals surface area contributed by atoms with Crippen molar-refractivity contribution in [2.24, 2.45) is 5.92 Å². The van der Waals surface area contributed by atoms with E-state index in [1.165, 1.54) is 38.5 Å². The zero-order valence-electron chi connectivity index (χ0n) is 9.59. The summed E-state index contributed by atoms with van der Waals surface area (Å²) in [5, 5.41) is 6.23. The molecule has 1 amide bonds. The van der Waals surface area contributed by atoms with Crippen LogP contribution in [0.3, 0.4) is 0 Å². The average molecular weight is 210 g/mol. The van der Waals surface area contributed by atoms with Gasteiger partial charge in [-0.2, -0.15) is 0 Å². The molecule has 2 aliphatic rings. The minimum absolute atomic E-state index is 0.0358. The van der Waals surface area contributed by atoms with Gasteiger partial charge in [-0.1, -0.05) is 25.7 Å². The van der Waals surface area contributed by atoms with Crippen molar-refractivity contribution in [3.05, 3.63) is 0 Å². The highest BCUT2D eigenvalue weighted by atomic mass is 16.2. The fourth-order valence-corrected chi connectivity index (χ4v) is 2.46. The third-order valence-corrected chi connectivity index (χ3v) is 3.63. The number of hydrogen-bond donors (Lipinski definition) is 2. The molecule has 2 rings (SSSR count). The van der Waals surface area contributed by atoms with Crippen LogP contribution >= 0.6 is 0 Å². The van der Waals surface area contributed by atoms with Crippen LogP contribution in [0.1, 0.15) is 44.9 Å². The van der Waals surface area contributed by atoms with E-state index in [0.717, 1.165) is 12.3 Å². The molecule has 0 spiro atoms. The van der Waals surface area contributed by atoms with Crippen LogP contribution in [0.2, 0.25) is 0 Å². The fourth-order valence-electron chi connectivity index (χ4n) is 2.46. The van der Waals surface area contributed by atoms with Gasteiger partial charge in [-0.05, 0) is 32.2 Å². The van der Waals surface area contributed by atoms with E-state index in [2.05, 4.69) is 10.6 Å². The topological polar surface area (TPSA) is 41.1 Å². The molecule has 2 saturated carbocycles. The zero-order valence-corrected chi connectivity index (χ0v) is 9.59. The Morgan fingerprint density at radius 2 is 1.93 bits per heavy atom. The van der Waals surface area contributed by atoms with Crippen molar-refractivity contribution in [2.75, 3.05) is 7.05 Å². The van der Waals surface area contributed by atoms with E-state index in [9.17, 15) is 4.79 Å². The van der Waals surface area contributed by atoms with Crippen molar-refractivity contribution in [1.82, 2.24) is 10.6 Å². The van der Waals surface area contributed by atoms with Crippen molar-refractivity contribution >= 4 is 5.91 Å². The van der Waals surface area contributed by atoms with E-state index < -0.39 is 0 Å². The van der Waals surface area contributed by atoms with Crippen LogP contribution < -0.4 is 10.6 Å². The Morgan fingerprint density at radius 3 is 2.47 bits per heavy atom. The molecule has 0 aromatic heterocycles. The molecule has 2 fully saturated rings. The summed E-state index contributed by atoms with van der Waals surface area (Å²) in [6, 6.07) is 0.519. The first-order valence-corrected chi connectivity index (χ1v) is 6.27. The lowest BCUT2D eigenvalue weighted by Gasteiger charge is -2.19. The smallest absolute Gasteiger partial charge is 0.237 e. The molecule has 0 radical (unpaired) electrons. The van der Waals surface area contributed by atoms with Crippen molar-refractivity contribution in [3.63, 3.8) is 0 Å². The summed E-state index contributed by atoms with van der Waals surface area (Å²) in [5.74, 6) is 0.985. The minimum atomic E-state index is 0.0358. The Bertz CT molecular complexity index is 220. The maximum atomic E-state index is 11.8. The number of rotatable bonds is 5. The molecule has 3 heteroatoms. The van der Waals surface area contributed by atoms with Crippen molar-refractivity contribution in [2.45, 2.75) is 57.0 Å². The van der Waals surface area contributed by atoms with E-state index in [1.54, 1.807) is 0 Å². The standard InChI is InChI=1S/C12H22N2O/c1-13-11(8-9-4-2-3-5-9)12(15)14-10-6-7-10/h9-11,13H,2-8H2,1H3,(H,14,15). The number of likely N-dealkylation sites (N-methyl/N-ethyl adjacent to an activating group) is 1. The molecule has 1 unspecified atom stereocenters. The first-order chi connectivity index (χ1) is 7.29. The summed E-state index contributed by atoms with van der Waals surface area (Å²) >= 11 is 0. The lowest BCUT2D eigenvalue weighted by Crippen LogP contribution is -2.44. The fraction of sp³-hybridized carbons (Fsp3) is 0.917. The molecule has 0 aromatic carbocycles.